The Kier molecular flexibility index (Phi) is 8.00. The Bertz CT molecular complexity index is 186. The van der Waals surface area contributed by atoms with Gasteiger partial charge in [0, 0.05) is 0 Å². The van der Waals surface area contributed by atoms with Crippen molar-refractivity contribution in [2.24, 2.45) is 0 Å². The van der Waals surface area contributed by atoms with Crippen LogP contribution in [0.4, 0.5) is 4.39 Å². The summed E-state index contributed by atoms with van der Waals surface area (Å²) in [5.41, 5.74) is 0. The summed E-state index contributed by atoms with van der Waals surface area (Å²) in [4.78, 5) is 0. The Labute approximate surface area is 105 Å². The zero-order valence-corrected chi connectivity index (χ0v) is 11.5. The van der Waals surface area contributed by atoms with E-state index in [0.717, 1.165) is 0 Å². The summed E-state index contributed by atoms with van der Waals surface area (Å²) in [6.07, 6.45) is -0.274. The Morgan fingerprint density at radius 3 is 1.76 bits per heavy atom. The molecule has 5 heteroatoms. The lowest BCUT2D eigenvalue weighted by atomic mass is 9.94. The fourth-order valence-corrected chi connectivity index (χ4v) is 1.08. The summed E-state index contributed by atoms with van der Waals surface area (Å²) in [5.74, 6) is -2.12. The molecule has 0 aromatic rings. The van der Waals surface area contributed by atoms with E-state index >= 15 is 0 Å². The van der Waals surface area contributed by atoms with Crippen LogP contribution in [0.3, 0.4) is 0 Å². The van der Waals surface area contributed by atoms with Crippen LogP contribution in [0.5, 0.6) is 0 Å². The van der Waals surface area contributed by atoms with Gasteiger partial charge in [-0.15, -0.1) is 0 Å². The van der Waals surface area contributed by atoms with E-state index in [1.165, 1.54) is 0 Å². The maximum Gasteiger partial charge on any atom is 0.161 e. The zero-order valence-electron chi connectivity index (χ0n) is 11.5. The van der Waals surface area contributed by atoms with E-state index in [2.05, 4.69) is 0 Å². The fraction of sp³-hybridized carbons (Fsp3) is 1.00. The largest absolute Gasteiger partial charge is 0.376 e. The van der Waals surface area contributed by atoms with Gasteiger partial charge in [0.05, 0.1) is 25.4 Å². The summed E-state index contributed by atoms with van der Waals surface area (Å²) in [5, 5.41) is 0. The van der Waals surface area contributed by atoms with Crippen LogP contribution in [0.25, 0.3) is 0 Å². The lowest BCUT2D eigenvalue weighted by molar-refractivity contribution is -0.167. The van der Waals surface area contributed by atoms with Crippen molar-refractivity contribution in [2.45, 2.75) is 65.1 Å². The van der Waals surface area contributed by atoms with Crippen molar-refractivity contribution >= 4 is 7.85 Å². The van der Waals surface area contributed by atoms with Crippen LogP contribution in [-0.2, 0) is 14.2 Å². The van der Waals surface area contributed by atoms with Crippen LogP contribution in [-0.4, -0.2) is 45.1 Å². The SMILES string of the molecule is [B][C@](F)(CC)OC(COC(C)C)COC(C)C. The van der Waals surface area contributed by atoms with E-state index in [1.54, 1.807) is 6.92 Å². The standard InChI is InChI=1S/C12H24BFO3/c1-6-12(13,14)17-11(7-15-9(2)3)8-16-10(4)5/h9-11H,6-8H2,1-5H3/t12-/m0/s1. The first-order valence-electron chi connectivity index (χ1n) is 6.15. The first-order valence-corrected chi connectivity index (χ1v) is 6.15. The normalized spacial score (nSPS) is 15.8. The van der Waals surface area contributed by atoms with Crippen molar-refractivity contribution in [1.29, 1.82) is 0 Å². The molecule has 0 bridgehead atoms. The average molecular weight is 246 g/mol. The summed E-state index contributed by atoms with van der Waals surface area (Å²) in [7, 11) is 5.33. The van der Waals surface area contributed by atoms with Gasteiger partial charge in [-0.1, -0.05) is 6.92 Å². The van der Waals surface area contributed by atoms with Crippen LogP contribution < -0.4 is 0 Å². The minimum Gasteiger partial charge on any atom is -0.376 e. The number of ether oxygens (including phenoxy) is 3. The number of alkyl halides is 1. The molecule has 0 saturated heterocycles. The van der Waals surface area contributed by atoms with Crippen molar-refractivity contribution < 1.29 is 18.6 Å². The first-order chi connectivity index (χ1) is 7.76. The van der Waals surface area contributed by atoms with Crippen molar-refractivity contribution in [3.63, 3.8) is 0 Å². The van der Waals surface area contributed by atoms with Gasteiger partial charge in [-0.05, 0) is 34.1 Å². The van der Waals surface area contributed by atoms with Gasteiger partial charge in [-0.3, -0.25) is 0 Å². The molecule has 0 aromatic carbocycles. The molecule has 0 amide bonds. The van der Waals surface area contributed by atoms with Gasteiger partial charge < -0.3 is 14.2 Å². The van der Waals surface area contributed by atoms with Crippen LogP contribution >= 0.6 is 0 Å². The van der Waals surface area contributed by atoms with E-state index < -0.39 is 11.9 Å². The monoisotopic (exact) mass is 246 g/mol. The Balaban J connectivity index is 4.19. The minimum atomic E-state index is -2.12. The molecule has 0 aromatic heterocycles. The van der Waals surface area contributed by atoms with Crippen LogP contribution in [0.2, 0.25) is 0 Å². The van der Waals surface area contributed by atoms with Crippen molar-refractivity contribution in [2.75, 3.05) is 13.2 Å². The Morgan fingerprint density at radius 1 is 1.06 bits per heavy atom. The predicted molar refractivity (Wildman–Crippen MR) is 66.9 cm³/mol. The first kappa shape index (κ1) is 16.9. The van der Waals surface area contributed by atoms with E-state index in [-0.39, 0.29) is 31.8 Å². The highest BCUT2D eigenvalue weighted by Gasteiger charge is 2.26. The molecule has 0 aliphatic rings. The highest BCUT2D eigenvalue weighted by atomic mass is 19.2. The minimum absolute atomic E-state index is 0.0635. The lowest BCUT2D eigenvalue weighted by Gasteiger charge is -2.28. The number of hydrogen-bond acceptors (Lipinski definition) is 3. The summed E-state index contributed by atoms with van der Waals surface area (Å²) in [6.45, 7) is 9.80. The smallest absolute Gasteiger partial charge is 0.161 e. The second-order valence-corrected chi connectivity index (χ2v) is 4.64. The lowest BCUT2D eigenvalue weighted by Crippen LogP contribution is -2.38. The molecular weight excluding hydrogens is 222 g/mol. The molecule has 100 valence electrons. The van der Waals surface area contributed by atoms with Crippen molar-refractivity contribution in [3.05, 3.63) is 0 Å². The van der Waals surface area contributed by atoms with Crippen LogP contribution in [0, 0.1) is 0 Å². The third-order valence-corrected chi connectivity index (χ3v) is 2.08. The van der Waals surface area contributed by atoms with Crippen LogP contribution in [0.1, 0.15) is 41.0 Å². The number of halogens is 1. The van der Waals surface area contributed by atoms with Gasteiger partial charge in [0.1, 0.15) is 6.10 Å². The maximum absolute atomic E-state index is 13.6. The third kappa shape index (κ3) is 9.56. The number of hydrogen-bond donors (Lipinski definition) is 0. The van der Waals surface area contributed by atoms with Gasteiger partial charge in [0.2, 0.25) is 0 Å². The molecule has 0 unspecified atom stereocenters. The van der Waals surface area contributed by atoms with Gasteiger partial charge in [0.15, 0.2) is 13.6 Å². The van der Waals surface area contributed by atoms with Gasteiger partial charge in [0.25, 0.3) is 0 Å². The van der Waals surface area contributed by atoms with Gasteiger partial charge >= 0.3 is 0 Å². The zero-order chi connectivity index (χ0) is 13.5. The number of rotatable bonds is 9. The molecule has 0 rings (SSSR count). The molecule has 0 heterocycles. The summed E-state index contributed by atoms with van der Waals surface area (Å²) >= 11 is 0. The molecule has 1 atom stereocenters. The second kappa shape index (κ2) is 8.06. The van der Waals surface area contributed by atoms with E-state index in [0.29, 0.717) is 0 Å². The maximum atomic E-state index is 13.6. The topological polar surface area (TPSA) is 27.7 Å². The molecule has 0 aliphatic heterocycles. The highest BCUT2D eigenvalue weighted by Crippen LogP contribution is 2.16. The highest BCUT2D eigenvalue weighted by molar-refractivity contribution is 6.13. The van der Waals surface area contributed by atoms with Gasteiger partial charge in [-0.2, -0.15) is 0 Å². The molecule has 2 radical (unpaired) electrons. The molecule has 0 saturated carbocycles. The van der Waals surface area contributed by atoms with E-state index in [4.69, 9.17) is 22.1 Å². The second-order valence-electron chi connectivity index (χ2n) is 4.64. The van der Waals surface area contributed by atoms with E-state index in [1.807, 2.05) is 27.7 Å². The van der Waals surface area contributed by atoms with E-state index in [9.17, 15) is 4.39 Å². The molecular formula is C12H24BFO3. The Morgan fingerprint density at radius 2 is 1.47 bits per heavy atom. The average Bonchev–Trinajstić information content (AvgIpc) is 2.21. The quantitative estimate of drug-likeness (QED) is 0.585. The predicted octanol–water partition coefficient (Wildman–Crippen LogP) is 2.42. The molecule has 0 spiro atoms. The molecule has 3 nitrogen and oxygen atoms in total. The molecule has 0 N–H and O–H groups in total. The van der Waals surface area contributed by atoms with Crippen molar-refractivity contribution in [1.82, 2.24) is 0 Å². The summed E-state index contributed by atoms with van der Waals surface area (Å²) in [6, 6.07) is 0. The molecule has 0 fully saturated rings. The molecule has 0 aliphatic carbocycles. The third-order valence-electron chi connectivity index (χ3n) is 2.08. The van der Waals surface area contributed by atoms with Gasteiger partial charge in [-0.25, -0.2) is 4.39 Å². The van der Waals surface area contributed by atoms with Crippen molar-refractivity contribution in [3.8, 4) is 0 Å². The van der Waals surface area contributed by atoms with Crippen LogP contribution in [0.15, 0.2) is 0 Å². The fourth-order valence-electron chi connectivity index (χ4n) is 1.08. The summed E-state index contributed by atoms with van der Waals surface area (Å²) < 4.78 is 29.5. The Hall–Kier alpha value is -0.125. The molecule has 17 heavy (non-hydrogen) atoms.